The number of hydrogen-bond donors (Lipinski definition) is 2. The zero-order valence-corrected chi connectivity index (χ0v) is 14.9. The number of para-hydroxylation sites is 1. The predicted octanol–water partition coefficient (Wildman–Crippen LogP) is 1.96. The van der Waals surface area contributed by atoms with Gasteiger partial charge in [0.1, 0.15) is 5.54 Å². The summed E-state index contributed by atoms with van der Waals surface area (Å²) in [4.78, 5) is 26.2. The number of hydrogen-bond acceptors (Lipinski definition) is 4. The van der Waals surface area contributed by atoms with Crippen molar-refractivity contribution in [3.63, 3.8) is 0 Å². The van der Waals surface area contributed by atoms with E-state index in [0.29, 0.717) is 38.0 Å². The first-order chi connectivity index (χ1) is 11.8. The Hall–Kier alpha value is -2.39. The fourth-order valence-electron chi connectivity index (χ4n) is 3.09. The van der Waals surface area contributed by atoms with E-state index in [2.05, 4.69) is 11.4 Å². The molecular formula is C19H26N4O2. The summed E-state index contributed by atoms with van der Waals surface area (Å²) in [5.74, 6) is -0.576. The summed E-state index contributed by atoms with van der Waals surface area (Å²) in [7, 11) is 0. The van der Waals surface area contributed by atoms with Gasteiger partial charge < -0.3 is 11.1 Å². The van der Waals surface area contributed by atoms with Crippen LogP contribution >= 0.6 is 0 Å². The molecule has 3 N–H and O–H groups in total. The Morgan fingerprint density at radius 2 is 1.88 bits per heavy atom. The lowest BCUT2D eigenvalue weighted by Crippen LogP contribution is -2.56. The van der Waals surface area contributed by atoms with E-state index in [0.717, 1.165) is 0 Å². The van der Waals surface area contributed by atoms with E-state index >= 15 is 0 Å². The third-order valence-electron chi connectivity index (χ3n) is 4.96. The van der Waals surface area contributed by atoms with Crippen LogP contribution in [0.4, 0.5) is 5.69 Å². The number of benzene rings is 1. The first-order valence-corrected chi connectivity index (χ1v) is 8.62. The molecule has 6 nitrogen and oxygen atoms in total. The van der Waals surface area contributed by atoms with Crippen molar-refractivity contribution in [1.29, 1.82) is 5.26 Å². The van der Waals surface area contributed by atoms with Gasteiger partial charge in [-0.25, -0.2) is 0 Å². The van der Waals surface area contributed by atoms with Crippen molar-refractivity contribution in [3.05, 3.63) is 30.3 Å². The molecule has 1 aromatic rings. The fourth-order valence-corrected chi connectivity index (χ4v) is 3.09. The molecule has 2 rings (SSSR count). The number of amides is 2. The molecule has 0 bridgehead atoms. The molecule has 134 valence electrons. The standard InChI is InChI=1S/C19H26N4O2/c1-18(2,17(21)25)9-8-16(24)23(15-6-4-3-5-7-15)19(14-20)10-12-22-13-11-19/h3-7,22H,8-13H2,1-2H3,(H2,21,25). The lowest BCUT2D eigenvalue weighted by atomic mass is 9.84. The first kappa shape index (κ1) is 18.9. The van der Waals surface area contributed by atoms with Crippen molar-refractivity contribution < 1.29 is 9.59 Å². The lowest BCUT2D eigenvalue weighted by Gasteiger charge is -2.42. The highest BCUT2D eigenvalue weighted by Gasteiger charge is 2.42. The molecule has 0 radical (unpaired) electrons. The Morgan fingerprint density at radius 3 is 2.40 bits per heavy atom. The van der Waals surface area contributed by atoms with Crippen molar-refractivity contribution in [2.75, 3.05) is 18.0 Å². The number of nitrogens with one attached hydrogen (secondary N) is 1. The molecule has 6 heteroatoms. The molecule has 0 aliphatic carbocycles. The van der Waals surface area contributed by atoms with Crippen LogP contribution in [0.3, 0.4) is 0 Å². The van der Waals surface area contributed by atoms with Crippen molar-refractivity contribution in [2.45, 2.75) is 45.1 Å². The van der Waals surface area contributed by atoms with E-state index in [1.165, 1.54) is 0 Å². The van der Waals surface area contributed by atoms with E-state index < -0.39 is 16.9 Å². The van der Waals surface area contributed by atoms with E-state index in [4.69, 9.17) is 5.73 Å². The number of anilines is 1. The average molecular weight is 342 g/mol. The number of carbonyl (C=O) groups excluding carboxylic acids is 2. The van der Waals surface area contributed by atoms with Gasteiger partial charge in [0.05, 0.1) is 6.07 Å². The minimum atomic E-state index is -0.861. The highest BCUT2D eigenvalue weighted by molar-refractivity contribution is 5.96. The molecule has 1 aromatic carbocycles. The SMILES string of the molecule is CC(C)(CCC(=O)N(c1ccccc1)C1(C#N)CCNCC1)C(N)=O. The van der Waals surface area contributed by atoms with Crippen molar-refractivity contribution >= 4 is 17.5 Å². The van der Waals surface area contributed by atoms with E-state index in [1.54, 1.807) is 18.7 Å². The van der Waals surface area contributed by atoms with Crippen molar-refractivity contribution in [3.8, 4) is 6.07 Å². The zero-order valence-electron chi connectivity index (χ0n) is 14.9. The Labute approximate surface area is 149 Å². The van der Waals surface area contributed by atoms with Gasteiger partial charge in [-0.15, -0.1) is 0 Å². The van der Waals surface area contributed by atoms with Crippen LogP contribution in [-0.4, -0.2) is 30.4 Å². The summed E-state index contributed by atoms with van der Waals surface area (Å²) in [5, 5.41) is 13.1. The lowest BCUT2D eigenvalue weighted by molar-refractivity contribution is -0.127. The largest absolute Gasteiger partial charge is 0.369 e. The second-order valence-electron chi connectivity index (χ2n) is 7.21. The molecular weight excluding hydrogens is 316 g/mol. The first-order valence-electron chi connectivity index (χ1n) is 8.62. The molecule has 1 fully saturated rings. The van der Waals surface area contributed by atoms with Crippen LogP contribution < -0.4 is 16.0 Å². The van der Waals surface area contributed by atoms with E-state index in [1.807, 2.05) is 30.3 Å². The second-order valence-corrected chi connectivity index (χ2v) is 7.21. The third-order valence-corrected chi connectivity index (χ3v) is 4.96. The van der Waals surface area contributed by atoms with Crippen LogP contribution in [-0.2, 0) is 9.59 Å². The van der Waals surface area contributed by atoms with Crippen LogP contribution in [0.2, 0.25) is 0 Å². The summed E-state index contributed by atoms with van der Waals surface area (Å²) in [6, 6.07) is 11.7. The number of rotatable bonds is 6. The Bertz CT molecular complexity index is 658. The number of nitrogens with two attached hydrogens (primary N) is 1. The smallest absolute Gasteiger partial charge is 0.228 e. The number of piperidine rings is 1. The minimum absolute atomic E-state index is 0.149. The molecule has 1 aliphatic heterocycles. The fraction of sp³-hybridized carbons (Fsp3) is 0.526. The van der Waals surface area contributed by atoms with E-state index in [9.17, 15) is 14.9 Å². The maximum absolute atomic E-state index is 13.1. The Balaban J connectivity index is 2.31. The topological polar surface area (TPSA) is 99.2 Å². The second kappa shape index (κ2) is 7.66. The summed E-state index contributed by atoms with van der Waals surface area (Å²) < 4.78 is 0. The average Bonchev–Trinajstić information content (AvgIpc) is 2.62. The minimum Gasteiger partial charge on any atom is -0.369 e. The third kappa shape index (κ3) is 4.18. The van der Waals surface area contributed by atoms with Crippen LogP contribution in [0.5, 0.6) is 0 Å². The molecule has 0 spiro atoms. The van der Waals surface area contributed by atoms with Crippen LogP contribution in [0.15, 0.2) is 30.3 Å². The van der Waals surface area contributed by atoms with Gasteiger partial charge in [-0.05, 0) is 44.5 Å². The molecule has 0 aromatic heterocycles. The summed E-state index contributed by atoms with van der Waals surface area (Å²) in [6.07, 6.45) is 1.67. The number of carbonyl (C=O) groups is 2. The number of primary amides is 1. The van der Waals surface area contributed by atoms with Crippen molar-refractivity contribution in [2.24, 2.45) is 11.1 Å². The molecule has 25 heavy (non-hydrogen) atoms. The normalized spacial score (nSPS) is 16.7. The molecule has 1 heterocycles. The van der Waals surface area contributed by atoms with Gasteiger partial charge in [-0.3, -0.25) is 14.5 Å². The summed E-state index contributed by atoms with van der Waals surface area (Å²) >= 11 is 0. The van der Waals surface area contributed by atoms with Crippen LogP contribution in [0.1, 0.15) is 39.5 Å². The van der Waals surface area contributed by atoms with Crippen LogP contribution in [0, 0.1) is 16.7 Å². The monoisotopic (exact) mass is 342 g/mol. The number of nitriles is 1. The van der Waals surface area contributed by atoms with Gasteiger partial charge in [-0.1, -0.05) is 32.0 Å². The quantitative estimate of drug-likeness (QED) is 0.825. The van der Waals surface area contributed by atoms with Gasteiger partial charge >= 0.3 is 0 Å². The van der Waals surface area contributed by atoms with Gasteiger partial charge in [0.15, 0.2) is 0 Å². The zero-order chi connectivity index (χ0) is 18.5. The van der Waals surface area contributed by atoms with Gasteiger partial charge in [0.25, 0.3) is 0 Å². The highest BCUT2D eigenvalue weighted by atomic mass is 16.2. The molecule has 0 atom stereocenters. The van der Waals surface area contributed by atoms with Crippen molar-refractivity contribution in [1.82, 2.24) is 5.32 Å². The number of nitrogens with zero attached hydrogens (tertiary/aromatic N) is 2. The van der Waals surface area contributed by atoms with Gasteiger partial charge in [0, 0.05) is 17.5 Å². The molecule has 1 aliphatic rings. The van der Waals surface area contributed by atoms with Crippen LogP contribution in [0.25, 0.3) is 0 Å². The maximum Gasteiger partial charge on any atom is 0.228 e. The summed E-state index contributed by atoms with van der Waals surface area (Å²) in [6.45, 7) is 4.86. The molecule has 1 saturated heterocycles. The maximum atomic E-state index is 13.1. The predicted molar refractivity (Wildman–Crippen MR) is 96.6 cm³/mol. The highest BCUT2D eigenvalue weighted by Crippen LogP contribution is 2.33. The Kier molecular flexibility index (Phi) is 5.81. The van der Waals surface area contributed by atoms with Gasteiger partial charge in [0.2, 0.25) is 11.8 Å². The van der Waals surface area contributed by atoms with Gasteiger partial charge in [-0.2, -0.15) is 5.26 Å². The Morgan fingerprint density at radius 1 is 1.28 bits per heavy atom. The molecule has 2 amide bonds. The molecule has 0 unspecified atom stereocenters. The molecule has 0 saturated carbocycles. The van der Waals surface area contributed by atoms with E-state index in [-0.39, 0.29) is 12.3 Å². The summed E-state index contributed by atoms with van der Waals surface area (Å²) in [5.41, 5.74) is 4.51.